The lowest BCUT2D eigenvalue weighted by molar-refractivity contribution is 0.549. The van der Waals surface area contributed by atoms with Crippen LogP contribution >= 0.6 is 0 Å². The summed E-state index contributed by atoms with van der Waals surface area (Å²) in [7, 11) is 0. The maximum Gasteiger partial charge on any atom is 0.0517 e. The van der Waals surface area contributed by atoms with E-state index in [0.29, 0.717) is 0 Å². The van der Waals surface area contributed by atoms with Crippen molar-refractivity contribution in [1.29, 1.82) is 0 Å². The number of hydrogen-bond acceptors (Lipinski definition) is 2. The van der Waals surface area contributed by atoms with E-state index in [9.17, 15) is 0 Å². The first-order valence-corrected chi connectivity index (χ1v) is 3.26. The van der Waals surface area contributed by atoms with Crippen LogP contribution < -0.4 is 11.1 Å². The van der Waals surface area contributed by atoms with Crippen LogP contribution in [0.4, 0.5) is 0 Å². The molecule has 0 spiro atoms. The number of rotatable bonds is 4. The van der Waals surface area contributed by atoms with E-state index in [2.05, 4.69) is 12.2 Å². The van der Waals surface area contributed by atoms with Crippen molar-refractivity contribution in [3.05, 3.63) is 0 Å². The summed E-state index contributed by atoms with van der Waals surface area (Å²) in [6.45, 7) is 5.17. The molecule has 1 atom stereocenters. The van der Waals surface area contributed by atoms with E-state index in [-0.39, 0.29) is 11.6 Å². The number of hydrogen-bond donors (Lipinski definition) is 2. The normalized spacial score (nSPS) is 12.3. The molecule has 3 nitrogen and oxygen atoms in total. The minimum absolute atomic E-state index is 0. The van der Waals surface area contributed by atoms with E-state index in [4.69, 9.17) is 5.73 Å². The Morgan fingerprint density at radius 3 is 2.44 bits per heavy atom. The van der Waals surface area contributed by atoms with Crippen LogP contribution in [0.5, 0.6) is 0 Å². The largest absolute Gasteiger partial charge is 0.412 e. The first kappa shape index (κ1) is 11.6. The SMILES string of the molecule is CCCCNC(C)N.O. The van der Waals surface area contributed by atoms with E-state index in [0.717, 1.165) is 6.54 Å². The second kappa shape index (κ2) is 7.88. The summed E-state index contributed by atoms with van der Waals surface area (Å²) in [5.41, 5.74) is 5.42. The summed E-state index contributed by atoms with van der Waals surface area (Å²) in [6, 6.07) is 0. The fourth-order valence-electron chi connectivity index (χ4n) is 0.507. The van der Waals surface area contributed by atoms with Crippen molar-refractivity contribution in [2.45, 2.75) is 32.9 Å². The van der Waals surface area contributed by atoms with Gasteiger partial charge >= 0.3 is 0 Å². The predicted octanol–water partition coefficient (Wildman–Crippen LogP) is -0.144. The first-order valence-electron chi connectivity index (χ1n) is 3.26. The van der Waals surface area contributed by atoms with Gasteiger partial charge in [-0.2, -0.15) is 0 Å². The molecule has 0 aromatic carbocycles. The summed E-state index contributed by atoms with van der Waals surface area (Å²) in [5.74, 6) is 0. The highest BCUT2D eigenvalue weighted by Gasteiger charge is 1.87. The summed E-state index contributed by atoms with van der Waals surface area (Å²) >= 11 is 0. The van der Waals surface area contributed by atoms with E-state index < -0.39 is 0 Å². The molecule has 3 heteroatoms. The van der Waals surface area contributed by atoms with Crippen molar-refractivity contribution < 1.29 is 5.48 Å². The molecule has 0 saturated carbocycles. The molecule has 5 N–H and O–H groups in total. The highest BCUT2D eigenvalue weighted by atomic mass is 16.0. The van der Waals surface area contributed by atoms with Crippen LogP contribution in [0.3, 0.4) is 0 Å². The Morgan fingerprint density at radius 1 is 1.56 bits per heavy atom. The molecular weight excluding hydrogens is 116 g/mol. The van der Waals surface area contributed by atoms with Crippen LogP contribution in [0.2, 0.25) is 0 Å². The van der Waals surface area contributed by atoms with Crippen LogP contribution in [0.15, 0.2) is 0 Å². The van der Waals surface area contributed by atoms with E-state index in [1.165, 1.54) is 12.8 Å². The fourth-order valence-corrected chi connectivity index (χ4v) is 0.507. The van der Waals surface area contributed by atoms with E-state index >= 15 is 0 Å². The highest BCUT2D eigenvalue weighted by Crippen LogP contribution is 1.81. The van der Waals surface area contributed by atoms with Gasteiger partial charge in [0.25, 0.3) is 0 Å². The Bertz CT molecular complexity index is 48.3. The van der Waals surface area contributed by atoms with Gasteiger partial charge in [-0.15, -0.1) is 0 Å². The average Bonchev–Trinajstić information content (AvgIpc) is 1.66. The minimum Gasteiger partial charge on any atom is -0.412 e. The molecule has 0 aromatic heterocycles. The second-order valence-electron chi connectivity index (χ2n) is 2.10. The Hall–Kier alpha value is -0.120. The summed E-state index contributed by atoms with van der Waals surface area (Å²) in [4.78, 5) is 0. The zero-order chi connectivity index (χ0) is 6.41. The van der Waals surface area contributed by atoms with Crippen molar-refractivity contribution in [3.8, 4) is 0 Å². The molecule has 0 aliphatic rings. The van der Waals surface area contributed by atoms with Gasteiger partial charge in [-0.05, 0) is 19.9 Å². The van der Waals surface area contributed by atoms with Gasteiger partial charge in [-0.3, -0.25) is 0 Å². The maximum absolute atomic E-state index is 5.42. The summed E-state index contributed by atoms with van der Waals surface area (Å²) < 4.78 is 0. The van der Waals surface area contributed by atoms with Crippen molar-refractivity contribution in [1.82, 2.24) is 5.32 Å². The van der Waals surface area contributed by atoms with Gasteiger partial charge in [0, 0.05) is 0 Å². The molecule has 9 heavy (non-hydrogen) atoms. The van der Waals surface area contributed by atoms with Crippen molar-refractivity contribution in [2.24, 2.45) is 5.73 Å². The van der Waals surface area contributed by atoms with Crippen LogP contribution in [0, 0.1) is 0 Å². The van der Waals surface area contributed by atoms with Crippen molar-refractivity contribution >= 4 is 0 Å². The smallest absolute Gasteiger partial charge is 0.0517 e. The van der Waals surface area contributed by atoms with Gasteiger partial charge in [0.2, 0.25) is 0 Å². The van der Waals surface area contributed by atoms with Gasteiger partial charge in [0.1, 0.15) is 0 Å². The van der Waals surface area contributed by atoms with Gasteiger partial charge in [0.05, 0.1) is 6.17 Å². The molecule has 0 aromatic rings. The number of nitrogens with two attached hydrogens (primary N) is 1. The second-order valence-corrected chi connectivity index (χ2v) is 2.10. The van der Waals surface area contributed by atoms with Gasteiger partial charge < -0.3 is 16.5 Å². The highest BCUT2D eigenvalue weighted by molar-refractivity contribution is 4.48. The Kier molecular flexibility index (Phi) is 10.2. The van der Waals surface area contributed by atoms with Crippen molar-refractivity contribution in [2.75, 3.05) is 6.54 Å². The molecule has 0 amide bonds. The van der Waals surface area contributed by atoms with Crippen LogP contribution in [-0.4, -0.2) is 18.2 Å². The molecule has 0 aliphatic carbocycles. The molecule has 58 valence electrons. The third-order valence-corrected chi connectivity index (χ3v) is 0.997. The predicted molar refractivity (Wildman–Crippen MR) is 40.2 cm³/mol. The first-order chi connectivity index (χ1) is 3.77. The van der Waals surface area contributed by atoms with E-state index in [1.54, 1.807) is 0 Å². The molecule has 0 bridgehead atoms. The molecule has 1 unspecified atom stereocenters. The Labute approximate surface area is 56.9 Å². The monoisotopic (exact) mass is 134 g/mol. The lowest BCUT2D eigenvalue weighted by Crippen LogP contribution is -2.34. The standard InChI is InChI=1S/C6H16N2.H2O/c1-3-4-5-8-6(2)7;/h6,8H,3-5,7H2,1-2H3;1H2. The van der Waals surface area contributed by atoms with Gasteiger partial charge in [-0.1, -0.05) is 13.3 Å². The number of nitrogens with one attached hydrogen (secondary N) is 1. The van der Waals surface area contributed by atoms with Crippen LogP contribution in [0.1, 0.15) is 26.7 Å². The third kappa shape index (κ3) is 11.4. The third-order valence-electron chi connectivity index (χ3n) is 0.997. The molecule has 0 heterocycles. The summed E-state index contributed by atoms with van der Waals surface area (Å²) in [5, 5.41) is 3.12. The van der Waals surface area contributed by atoms with E-state index in [1.807, 2.05) is 6.92 Å². The quantitative estimate of drug-likeness (QED) is 0.415. The molecule has 0 fully saturated rings. The average molecular weight is 134 g/mol. The lowest BCUT2D eigenvalue weighted by Gasteiger charge is -2.05. The zero-order valence-electron chi connectivity index (χ0n) is 6.28. The van der Waals surface area contributed by atoms with Gasteiger partial charge in [0.15, 0.2) is 0 Å². The van der Waals surface area contributed by atoms with Crippen molar-refractivity contribution in [3.63, 3.8) is 0 Å². The van der Waals surface area contributed by atoms with Crippen LogP contribution in [0.25, 0.3) is 0 Å². The molecular formula is C6H18N2O. The van der Waals surface area contributed by atoms with Gasteiger partial charge in [-0.25, -0.2) is 0 Å². The number of unbranched alkanes of at least 4 members (excludes halogenated alkanes) is 1. The molecule has 0 saturated heterocycles. The molecule has 0 rings (SSSR count). The zero-order valence-corrected chi connectivity index (χ0v) is 6.28. The molecule has 0 aliphatic heterocycles. The Balaban J connectivity index is 0. The fraction of sp³-hybridized carbons (Fsp3) is 1.00. The minimum atomic E-state index is 0. The lowest BCUT2D eigenvalue weighted by atomic mass is 10.3. The topological polar surface area (TPSA) is 69.5 Å². The van der Waals surface area contributed by atoms with Crippen LogP contribution in [-0.2, 0) is 0 Å². The maximum atomic E-state index is 5.42. The Morgan fingerprint density at radius 2 is 2.11 bits per heavy atom. The summed E-state index contributed by atoms with van der Waals surface area (Å²) in [6.07, 6.45) is 2.61. The molecule has 0 radical (unpaired) electrons.